The lowest BCUT2D eigenvalue weighted by Crippen LogP contribution is -2.26. The molecule has 1 rings (SSSR count). The quantitative estimate of drug-likeness (QED) is 0.403. The zero-order chi connectivity index (χ0) is 13.1. The molecular formula is C11H23N3O3. The van der Waals surface area contributed by atoms with E-state index < -0.39 is 5.97 Å². The van der Waals surface area contributed by atoms with Crippen LogP contribution in [-0.4, -0.2) is 38.1 Å². The molecule has 1 aliphatic carbocycles. The van der Waals surface area contributed by atoms with Crippen molar-refractivity contribution in [1.82, 2.24) is 16.2 Å². The van der Waals surface area contributed by atoms with Gasteiger partial charge in [-0.1, -0.05) is 0 Å². The van der Waals surface area contributed by atoms with Crippen molar-refractivity contribution >= 4 is 12.4 Å². The van der Waals surface area contributed by atoms with Crippen LogP contribution in [0, 0.1) is 11.8 Å². The minimum absolute atomic E-state index is 0.0712. The van der Waals surface area contributed by atoms with Crippen LogP contribution in [0.3, 0.4) is 0 Å². The van der Waals surface area contributed by atoms with Gasteiger partial charge in [-0.2, -0.15) is 0 Å². The Morgan fingerprint density at radius 3 is 2.18 bits per heavy atom. The number of carboxylic acid groups (broad SMARTS) is 1. The van der Waals surface area contributed by atoms with E-state index >= 15 is 0 Å². The van der Waals surface area contributed by atoms with Gasteiger partial charge in [0.2, 0.25) is 6.41 Å². The number of carboxylic acids is 1. The summed E-state index contributed by atoms with van der Waals surface area (Å²) in [4.78, 5) is 19.8. The lowest BCUT2D eigenvalue weighted by atomic mass is 9.82. The fourth-order valence-corrected chi connectivity index (χ4v) is 1.96. The minimum Gasteiger partial charge on any atom is -0.481 e. The SMILES string of the molecule is CNCC1CCC(C(=O)O)CC1.CNNC=O. The molecule has 1 saturated carbocycles. The molecule has 0 aromatic rings. The summed E-state index contributed by atoms with van der Waals surface area (Å²) in [5.74, 6) is 0.0154. The zero-order valence-corrected chi connectivity index (χ0v) is 10.5. The Kier molecular flexibility index (Phi) is 9.37. The normalized spacial score (nSPS) is 23.2. The van der Waals surface area contributed by atoms with Crippen molar-refractivity contribution in [2.45, 2.75) is 25.7 Å². The van der Waals surface area contributed by atoms with Crippen LogP contribution >= 0.6 is 0 Å². The predicted molar refractivity (Wildman–Crippen MR) is 65.3 cm³/mol. The third-order valence-corrected chi connectivity index (χ3v) is 2.89. The van der Waals surface area contributed by atoms with Gasteiger partial charge in [0.15, 0.2) is 0 Å². The molecule has 6 heteroatoms. The minimum atomic E-state index is -0.613. The first-order valence-corrected chi connectivity index (χ1v) is 5.89. The lowest BCUT2D eigenvalue weighted by Gasteiger charge is -2.25. The lowest BCUT2D eigenvalue weighted by molar-refractivity contribution is -0.143. The zero-order valence-electron chi connectivity index (χ0n) is 10.5. The Labute approximate surface area is 102 Å². The van der Waals surface area contributed by atoms with E-state index in [0.717, 1.165) is 32.2 Å². The molecule has 0 heterocycles. The largest absolute Gasteiger partial charge is 0.481 e. The molecule has 1 aliphatic rings. The van der Waals surface area contributed by atoms with Gasteiger partial charge < -0.3 is 10.4 Å². The Balaban J connectivity index is 0.000000437. The van der Waals surface area contributed by atoms with E-state index in [-0.39, 0.29) is 5.92 Å². The van der Waals surface area contributed by atoms with Crippen molar-refractivity contribution < 1.29 is 14.7 Å². The van der Waals surface area contributed by atoms with Crippen LogP contribution < -0.4 is 16.2 Å². The molecule has 0 aromatic carbocycles. The fourth-order valence-electron chi connectivity index (χ4n) is 1.96. The standard InChI is InChI=1S/C9H17NO2.C2H6N2O/c1-10-6-7-2-4-8(5-3-7)9(11)12;1-3-4-2-5/h7-8,10H,2-6H2,1H3,(H,11,12);2-3H,1H3,(H,4,5). The first kappa shape index (κ1) is 15.9. The number of amides is 1. The van der Waals surface area contributed by atoms with Crippen LogP contribution in [0.5, 0.6) is 0 Å². The van der Waals surface area contributed by atoms with Gasteiger partial charge in [0.05, 0.1) is 5.92 Å². The number of aliphatic carboxylic acids is 1. The van der Waals surface area contributed by atoms with Gasteiger partial charge in [0.1, 0.15) is 0 Å². The first-order chi connectivity index (χ1) is 8.15. The maximum atomic E-state index is 10.6. The van der Waals surface area contributed by atoms with Gasteiger partial charge in [-0.3, -0.25) is 15.0 Å². The van der Waals surface area contributed by atoms with Gasteiger partial charge in [0, 0.05) is 7.05 Å². The van der Waals surface area contributed by atoms with Crippen molar-refractivity contribution in [2.24, 2.45) is 11.8 Å². The van der Waals surface area contributed by atoms with Gasteiger partial charge in [0.25, 0.3) is 0 Å². The third-order valence-electron chi connectivity index (χ3n) is 2.89. The summed E-state index contributed by atoms with van der Waals surface area (Å²) in [7, 11) is 3.57. The highest BCUT2D eigenvalue weighted by Crippen LogP contribution is 2.28. The summed E-state index contributed by atoms with van der Waals surface area (Å²) in [6, 6.07) is 0. The van der Waals surface area contributed by atoms with Gasteiger partial charge >= 0.3 is 5.97 Å². The highest BCUT2D eigenvalue weighted by atomic mass is 16.4. The summed E-state index contributed by atoms with van der Waals surface area (Å²) >= 11 is 0. The average molecular weight is 245 g/mol. The van der Waals surface area contributed by atoms with Crippen LogP contribution in [-0.2, 0) is 9.59 Å². The van der Waals surface area contributed by atoms with Crippen molar-refractivity contribution in [3.8, 4) is 0 Å². The van der Waals surface area contributed by atoms with E-state index in [0.29, 0.717) is 12.3 Å². The van der Waals surface area contributed by atoms with Crippen LogP contribution in [0.25, 0.3) is 0 Å². The highest BCUT2D eigenvalue weighted by molar-refractivity contribution is 5.69. The molecule has 0 saturated heterocycles. The smallest absolute Gasteiger partial charge is 0.306 e. The van der Waals surface area contributed by atoms with Gasteiger partial charge in [-0.25, -0.2) is 5.43 Å². The molecule has 0 atom stereocenters. The number of hydrogen-bond donors (Lipinski definition) is 4. The average Bonchev–Trinajstić information content (AvgIpc) is 2.32. The molecule has 0 radical (unpaired) electrons. The second-order valence-electron chi connectivity index (χ2n) is 4.13. The first-order valence-electron chi connectivity index (χ1n) is 5.89. The number of carbonyl (C=O) groups is 2. The van der Waals surface area contributed by atoms with E-state index in [2.05, 4.69) is 16.2 Å². The summed E-state index contributed by atoms with van der Waals surface area (Å²) in [5.41, 5.74) is 4.58. The van der Waals surface area contributed by atoms with E-state index in [9.17, 15) is 9.59 Å². The number of rotatable bonds is 5. The number of hydrazine groups is 1. The third kappa shape index (κ3) is 7.70. The van der Waals surface area contributed by atoms with E-state index in [1.807, 2.05) is 7.05 Å². The summed E-state index contributed by atoms with van der Waals surface area (Å²) in [5, 5.41) is 11.9. The van der Waals surface area contributed by atoms with Crippen LogP contribution in [0.1, 0.15) is 25.7 Å². The van der Waals surface area contributed by atoms with Crippen molar-refractivity contribution in [3.63, 3.8) is 0 Å². The summed E-state index contributed by atoms with van der Waals surface area (Å²) in [6.07, 6.45) is 4.43. The monoisotopic (exact) mass is 245 g/mol. The maximum absolute atomic E-state index is 10.6. The fraction of sp³-hybridized carbons (Fsp3) is 0.818. The molecular weight excluding hydrogens is 222 g/mol. The topological polar surface area (TPSA) is 90.5 Å². The Bertz CT molecular complexity index is 216. The molecule has 0 bridgehead atoms. The molecule has 0 unspecified atom stereocenters. The summed E-state index contributed by atoms with van der Waals surface area (Å²) in [6.45, 7) is 1.03. The Hall–Kier alpha value is -1.14. The molecule has 0 aromatic heterocycles. The molecule has 6 nitrogen and oxygen atoms in total. The second-order valence-corrected chi connectivity index (χ2v) is 4.13. The molecule has 4 N–H and O–H groups in total. The van der Waals surface area contributed by atoms with Crippen molar-refractivity contribution in [2.75, 3.05) is 20.6 Å². The number of hydrogen-bond acceptors (Lipinski definition) is 4. The van der Waals surface area contributed by atoms with E-state index in [1.165, 1.54) is 0 Å². The predicted octanol–water partition coefficient (Wildman–Crippen LogP) is -0.0364. The van der Waals surface area contributed by atoms with Gasteiger partial charge in [-0.05, 0) is 45.2 Å². The molecule has 1 amide bonds. The molecule has 0 spiro atoms. The highest BCUT2D eigenvalue weighted by Gasteiger charge is 2.25. The van der Waals surface area contributed by atoms with Crippen molar-refractivity contribution in [1.29, 1.82) is 0 Å². The number of carbonyl (C=O) groups excluding carboxylic acids is 1. The maximum Gasteiger partial charge on any atom is 0.306 e. The van der Waals surface area contributed by atoms with Gasteiger partial charge in [-0.15, -0.1) is 0 Å². The second kappa shape index (κ2) is 10.0. The molecule has 0 aliphatic heterocycles. The van der Waals surface area contributed by atoms with Crippen molar-refractivity contribution in [3.05, 3.63) is 0 Å². The molecule has 1 fully saturated rings. The molecule has 100 valence electrons. The Morgan fingerprint density at radius 1 is 1.29 bits per heavy atom. The Morgan fingerprint density at radius 2 is 1.88 bits per heavy atom. The summed E-state index contributed by atoms with van der Waals surface area (Å²) < 4.78 is 0. The van der Waals surface area contributed by atoms with Crippen LogP contribution in [0.4, 0.5) is 0 Å². The van der Waals surface area contributed by atoms with Crippen LogP contribution in [0.15, 0.2) is 0 Å². The van der Waals surface area contributed by atoms with E-state index in [1.54, 1.807) is 7.05 Å². The van der Waals surface area contributed by atoms with E-state index in [4.69, 9.17) is 5.11 Å². The van der Waals surface area contributed by atoms with Crippen LogP contribution in [0.2, 0.25) is 0 Å². The number of nitrogens with one attached hydrogen (secondary N) is 3. The molecule has 17 heavy (non-hydrogen) atoms.